The number of carbonyl (C=O) groups is 1. The normalized spacial score (nSPS) is 18.7. The predicted molar refractivity (Wildman–Crippen MR) is 73.0 cm³/mol. The fourth-order valence-electron chi connectivity index (χ4n) is 2.19. The van der Waals surface area contributed by atoms with E-state index in [9.17, 15) is 4.79 Å². The maximum atomic E-state index is 10.7. The van der Waals surface area contributed by atoms with Crippen molar-refractivity contribution in [3.05, 3.63) is 22.4 Å². The lowest BCUT2D eigenvalue weighted by molar-refractivity contribution is 0.188. The molecule has 0 spiro atoms. The van der Waals surface area contributed by atoms with Crippen LogP contribution < -0.4 is 10.2 Å². The van der Waals surface area contributed by atoms with E-state index in [1.165, 1.54) is 0 Å². The minimum Gasteiger partial charge on any atom is -0.465 e. The molecule has 1 atom stereocenters. The average Bonchev–Trinajstić information content (AvgIpc) is 2.38. The summed E-state index contributed by atoms with van der Waals surface area (Å²) in [4.78, 5) is 16.8. The molecule has 100 valence electrons. The van der Waals surface area contributed by atoms with Gasteiger partial charge in [0, 0.05) is 19.1 Å². The van der Waals surface area contributed by atoms with Gasteiger partial charge in [0.05, 0.1) is 16.4 Å². The fourth-order valence-corrected chi connectivity index (χ4v) is 2.61. The summed E-state index contributed by atoms with van der Waals surface area (Å²) < 4.78 is 0.654. The molecule has 19 heavy (non-hydrogen) atoms. The van der Waals surface area contributed by atoms with Crippen molar-refractivity contribution < 1.29 is 9.90 Å². The molecule has 0 aliphatic carbocycles. The van der Waals surface area contributed by atoms with Gasteiger partial charge in [-0.3, -0.25) is 0 Å². The number of nitriles is 1. The van der Waals surface area contributed by atoms with Crippen molar-refractivity contribution in [2.24, 2.45) is 0 Å². The summed E-state index contributed by atoms with van der Waals surface area (Å²) in [7, 11) is 0. The highest BCUT2D eigenvalue weighted by Gasteiger charge is 2.22. The molecule has 0 radical (unpaired) electrons. The lowest BCUT2D eigenvalue weighted by Crippen LogP contribution is -2.47. The highest BCUT2D eigenvalue weighted by molar-refractivity contribution is 9.10. The van der Waals surface area contributed by atoms with Crippen molar-refractivity contribution in [2.75, 3.05) is 18.0 Å². The van der Waals surface area contributed by atoms with E-state index in [1.54, 1.807) is 6.20 Å². The first-order chi connectivity index (χ1) is 9.10. The standard InChI is InChI=1S/C12H13BrN4O2/c13-10-4-9(6-15-11(10)5-14)17-3-1-2-8(7-17)16-12(18)19/h4,6,8,16H,1-3,7H2,(H,18,19)/t8-/m1/s1. The number of piperidine rings is 1. The zero-order valence-corrected chi connectivity index (χ0v) is 11.7. The first-order valence-electron chi connectivity index (χ1n) is 5.90. The summed E-state index contributed by atoms with van der Waals surface area (Å²) in [5.41, 5.74) is 1.24. The second-order valence-electron chi connectivity index (χ2n) is 4.37. The van der Waals surface area contributed by atoms with Gasteiger partial charge in [0.25, 0.3) is 0 Å². The van der Waals surface area contributed by atoms with E-state index in [0.717, 1.165) is 25.1 Å². The lowest BCUT2D eigenvalue weighted by Gasteiger charge is -2.34. The lowest BCUT2D eigenvalue weighted by atomic mass is 10.1. The van der Waals surface area contributed by atoms with Crippen LogP contribution in [-0.2, 0) is 0 Å². The number of aromatic nitrogens is 1. The highest BCUT2D eigenvalue weighted by atomic mass is 79.9. The molecular weight excluding hydrogens is 312 g/mol. The molecule has 1 saturated heterocycles. The van der Waals surface area contributed by atoms with Crippen LogP contribution in [-0.4, -0.2) is 35.3 Å². The summed E-state index contributed by atoms with van der Waals surface area (Å²) in [6, 6.07) is 3.77. The third-order valence-electron chi connectivity index (χ3n) is 3.05. The van der Waals surface area contributed by atoms with Gasteiger partial charge < -0.3 is 15.3 Å². The minimum atomic E-state index is -0.994. The van der Waals surface area contributed by atoms with E-state index in [2.05, 4.69) is 31.1 Å². The zero-order valence-electron chi connectivity index (χ0n) is 10.1. The smallest absolute Gasteiger partial charge is 0.404 e. The third-order valence-corrected chi connectivity index (χ3v) is 3.65. The molecule has 1 amide bonds. The Morgan fingerprint density at radius 1 is 1.68 bits per heavy atom. The van der Waals surface area contributed by atoms with E-state index >= 15 is 0 Å². The van der Waals surface area contributed by atoms with Crippen LogP contribution in [0.3, 0.4) is 0 Å². The summed E-state index contributed by atoms with van der Waals surface area (Å²) >= 11 is 3.31. The van der Waals surface area contributed by atoms with E-state index < -0.39 is 6.09 Å². The van der Waals surface area contributed by atoms with Crippen molar-refractivity contribution >= 4 is 27.7 Å². The number of pyridine rings is 1. The molecule has 2 heterocycles. The molecule has 2 rings (SSSR count). The number of hydrogen-bond acceptors (Lipinski definition) is 4. The Morgan fingerprint density at radius 3 is 3.11 bits per heavy atom. The average molecular weight is 325 g/mol. The van der Waals surface area contributed by atoms with Gasteiger partial charge in [-0.05, 0) is 34.8 Å². The highest BCUT2D eigenvalue weighted by Crippen LogP contribution is 2.24. The van der Waals surface area contributed by atoms with Crippen LogP contribution in [0.4, 0.5) is 10.5 Å². The molecular formula is C12H13BrN4O2. The number of nitrogens with zero attached hydrogens (tertiary/aromatic N) is 3. The molecule has 1 aromatic heterocycles. The molecule has 1 fully saturated rings. The molecule has 0 unspecified atom stereocenters. The number of anilines is 1. The number of halogens is 1. The van der Waals surface area contributed by atoms with Crippen LogP contribution in [0, 0.1) is 11.3 Å². The van der Waals surface area contributed by atoms with Crippen LogP contribution >= 0.6 is 15.9 Å². The van der Waals surface area contributed by atoms with Gasteiger partial charge in [0.1, 0.15) is 6.07 Å². The van der Waals surface area contributed by atoms with Gasteiger partial charge >= 0.3 is 6.09 Å². The topological polar surface area (TPSA) is 89.3 Å². The second kappa shape index (κ2) is 5.89. The molecule has 0 saturated carbocycles. The van der Waals surface area contributed by atoms with Gasteiger partial charge in [-0.15, -0.1) is 0 Å². The van der Waals surface area contributed by atoms with Gasteiger partial charge in [0.15, 0.2) is 5.69 Å². The molecule has 0 bridgehead atoms. The Morgan fingerprint density at radius 2 is 2.47 bits per heavy atom. The first kappa shape index (κ1) is 13.6. The van der Waals surface area contributed by atoms with Crippen LogP contribution in [0.2, 0.25) is 0 Å². The van der Waals surface area contributed by atoms with Crippen LogP contribution in [0.1, 0.15) is 18.5 Å². The minimum absolute atomic E-state index is 0.0688. The maximum Gasteiger partial charge on any atom is 0.404 e. The second-order valence-corrected chi connectivity index (χ2v) is 5.22. The number of rotatable bonds is 2. The SMILES string of the molecule is N#Cc1ncc(N2CCC[C@@H](NC(=O)O)C2)cc1Br. The Labute approximate surface area is 119 Å². The maximum absolute atomic E-state index is 10.7. The largest absolute Gasteiger partial charge is 0.465 e. The molecule has 1 aliphatic heterocycles. The summed E-state index contributed by atoms with van der Waals surface area (Å²) in [6.07, 6.45) is 2.41. The van der Waals surface area contributed by atoms with Gasteiger partial charge in [-0.1, -0.05) is 0 Å². The molecule has 0 aromatic carbocycles. The summed E-state index contributed by atoms with van der Waals surface area (Å²) in [5, 5.41) is 20.1. The monoisotopic (exact) mass is 324 g/mol. The Balaban J connectivity index is 2.11. The number of hydrogen-bond donors (Lipinski definition) is 2. The molecule has 2 N–H and O–H groups in total. The Hall–Kier alpha value is -1.81. The molecule has 7 heteroatoms. The van der Waals surface area contributed by atoms with Gasteiger partial charge in [-0.25, -0.2) is 9.78 Å². The molecule has 1 aliphatic rings. The predicted octanol–water partition coefficient (Wildman–Crippen LogP) is 1.95. The van der Waals surface area contributed by atoms with E-state index in [4.69, 9.17) is 10.4 Å². The fraction of sp³-hybridized carbons (Fsp3) is 0.417. The van der Waals surface area contributed by atoms with E-state index in [1.807, 2.05) is 12.1 Å². The summed E-state index contributed by atoms with van der Waals surface area (Å²) in [5.74, 6) is 0. The molecule has 6 nitrogen and oxygen atoms in total. The third kappa shape index (κ3) is 3.35. The van der Waals surface area contributed by atoms with Gasteiger partial charge in [0.2, 0.25) is 0 Å². The number of carboxylic acid groups (broad SMARTS) is 1. The first-order valence-corrected chi connectivity index (χ1v) is 6.69. The Bertz CT molecular complexity index is 529. The van der Waals surface area contributed by atoms with Crippen molar-refractivity contribution in [3.8, 4) is 6.07 Å². The van der Waals surface area contributed by atoms with Crippen molar-refractivity contribution in [1.29, 1.82) is 5.26 Å². The molecule has 1 aromatic rings. The van der Waals surface area contributed by atoms with Crippen LogP contribution in [0.15, 0.2) is 16.7 Å². The Kier molecular flexibility index (Phi) is 4.22. The quantitative estimate of drug-likeness (QED) is 0.867. The number of nitrogens with one attached hydrogen (secondary N) is 1. The van der Waals surface area contributed by atoms with Crippen LogP contribution in [0.25, 0.3) is 0 Å². The number of amides is 1. The van der Waals surface area contributed by atoms with Crippen molar-refractivity contribution in [1.82, 2.24) is 10.3 Å². The van der Waals surface area contributed by atoms with Gasteiger partial charge in [-0.2, -0.15) is 5.26 Å². The van der Waals surface area contributed by atoms with Crippen molar-refractivity contribution in [2.45, 2.75) is 18.9 Å². The van der Waals surface area contributed by atoms with E-state index in [0.29, 0.717) is 16.7 Å². The van der Waals surface area contributed by atoms with E-state index in [-0.39, 0.29) is 6.04 Å². The summed E-state index contributed by atoms with van der Waals surface area (Å²) in [6.45, 7) is 1.48. The van der Waals surface area contributed by atoms with Crippen molar-refractivity contribution in [3.63, 3.8) is 0 Å². The zero-order chi connectivity index (χ0) is 13.8. The van der Waals surface area contributed by atoms with Crippen LogP contribution in [0.5, 0.6) is 0 Å².